The lowest BCUT2D eigenvalue weighted by Crippen LogP contribution is -2.12. The van der Waals surface area contributed by atoms with Crippen LogP contribution in [0.15, 0.2) is 24.3 Å². The molecule has 0 aliphatic heterocycles. The summed E-state index contributed by atoms with van der Waals surface area (Å²) in [6.45, 7) is 0. The number of aromatic nitrogens is 2. The molecule has 1 aromatic carbocycles. The number of aromatic amines is 1. The molecule has 0 atom stereocenters. The lowest BCUT2D eigenvalue weighted by atomic mass is 10.3. The molecule has 0 aliphatic rings. The first-order valence-electron chi connectivity index (χ1n) is 5.08. The van der Waals surface area contributed by atoms with Gasteiger partial charge in [0.2, 0.25) is 0 Å². The molecule has 0 spiro atoms. The van der Waals surface area contributed by atoms with E-state index in [2.05, 4.69) is 10.4 Å². The molecule has 0 aliphatic carbocycles. The molecule has 0 radical (unpaired) electrons. The third-order valence-corrected chi connectivity index (χ3v) is 2.65. The van der Waals surface area contributed by atoms with Crippen LogP contribution in [0.2, 0.25) is 5.02 Å². The summed E-state index contributed by atoms with van der Waals surface area (Å²) in [6.07, 6.45) is -2.85. The molecule has 1 aromatic heterocycles. The van der Waals surface area contributed by atoms with Crippen molar-refractivity contribution in [3.63, 3.8) is 0 Å². The largest absolute Gasteiger partial charge is 0.321 e. The summed E-state index contributed by atoms with van der Waals surface area (Å²) < 4.78 is 37.6. The number of amides is 1. The van der Waals surface area contributed by atoms with Gasteiger partial charge in [-0.15, -0.1) is 0 Å². The molecule has 0 bridgehead atoms. The monoisotopic (exact) mass is 289 g/mol. The third kappa shape index (κ3) is 2.87. The quantitative estimate of drug-likeness (QED) is 0.910. The summed E-state index contributed by atoms with van der Waals surface area (Å²) in [5.74, 6) is -1.23. The average molecular weight is 290 g/mol. The van der Waals surface area contributed by atoms with Gasteiger partial charge in [-0.2, -0.15) is 5.10 Å². The van der Waals surface area contributed by atoms with Crippen molar-refractivity contribution < 1.29 is 18.0 Å². The lowest BCUT2D eigenvalue weighted by molar-refractivity contribution is 0.102. The Morgan fingerprint density at radius 1 is 1.32 bits per heavy atom. The molecule has 0 fully saturated rings. The molecule has 0 unspecified atom stereocenters. The number of benzene rings is 1. The highest BCUT2D eigenvalue weighted by atomic mass is 35.5. The number of hydrogen-bond donors (Lipinski definition) is 2. The zero-order valence-corrected chi connectivity index (χ0v) is 10.0. The fraction of sp³-hybridized carbons (Fsp3) is 0.0909. The smallest absolute Gasteiger partial charge is 0.281 e. The molecule has 1 heterocycles. The van der Waals surface area contributed by atoms with Crippen molar-refractivity contribution in [2.75, 3.05) is 5.32 Å². The van der Waals surface area contributed by atoms with Crippen molar-refractivity contribution in [1.29, 1.82) is 0 Å². The van der Waals surface area contributed by atoms with E-state index >= 15 is 0 Å². The predicted molar refractivity (Wildman–Crippen MR) is 62.9 cm³/mol. The molecule has 8 heteroatoms. The molecular formula is C11H7ClF3N3O. The Labute approximate surface area is 110 Å². The van der Waals surface area contributed by atoms with E-state index in [1.807, 2.05) is 5.10 Å². The summed E-state index contributed by atoms with van der Waals surface area (Å²) in [7, 11) is 0. The van der Waals surface area contributed by atoms with E-state index in [9.17, 15) is 18.0 Å². The Hall–Kier alpha value is -2.02. The summed E-state index contributed by atoms with van der Waals surface area (Å²) in [6, 6.07) is 4.93. The molecule has 1 amide bonds. The minimum absolute atomic E-state index is 0.295. The maximum absolute atomic E-state index is 12.7. The van der Waals surface area contributed by atoms with Crippen LogP contribution in [0.1, 0.15) is 22.6 Å². The zero-order chi connectivity index (χ0) is 14.0. The van der Waals surface area contributed by atoms with Gasteiger partial charge >= 0.3 is 0 Å². The summed E-state index contributed by atoms with van der Waals surface area (Å²) in [5, 5.41) is 7.35. The minimum Gasteiger partial charge on any atom is -0.321 e. The molecular weight excluding hydrogens is 283 g/mol. The topological polar surface area (TPSA) is 57.8 Å². The van der Waals surface area contributed by atoms with Crippen molar-refractivity contribution in [3.8, 4) is 0 Å². The van der Waals surface area contributed by atoms with Crippen LogP contribution >= 0.6 is 11.6 Å². The van der Waals surface area contributed by atoms with Gasteiger partial charge in [0.25, 0.3) is 12.3 Å². The highest BCUT2D eigenvalue weighted by Crippen LogP contribution is 2.27. The van der Waals surface area contributed by atoms with Gasteiger partial charge in [0.15, 0.2) is 5.69 Å². The van der Waals surface area contributed by atoms with Gasteiger partial charge in [0, 0.05) is 5.69 Å². The first-order chi connectivity index (χ1) is 8.99. The highest BCUT2D eigenvalue weighted by Gasteiger charge is 2.23. The zero-order valence-electron chi connectivity index (χ0n) is 9.25. The summed E-state index contributed by atoms with van der Waals surface area (Å²) in [4.78, 5) is 11.7. The number of halogens is 4. The molecule has 0 saturated carbocycles. The second kappa shape index (κ2) is 5.31. The van der Waals surface area contributed by atoms with E-state index < -0.39 is 28.9 Å². The van der Waals surface area contributed by atoms with Crippen molar-refractivity contribution in [1.82, 2.24) is 10.2 Å². The van der Waals surface area contributed by atoms with Crippen LogP contribution in [0.3, 0.4) is 0 Å². The van der Waals surface area contributed by atoms with E-state index in [0.29, 0.717) is 5.69 Å². The Balaban J connectivity index is 2.18. The Morgan fingerprint density at radius 3 is 2.47 bits per heavy atom. The van der Waals surface area contributed by atoms with Gasteiger partial charge in [-0.05, 0) is 24.3 Å². The van der Waals surface area contributed by atoms with Gasteiger partial charge in [0.05, 0.1) is 0 Å². The van der Waals surface area contributed by atoms with Crippen molar-refractivity contribution in [2.24, 2.45) is 0 Å². The van der Waals surface area contributed by atoms with Crippen LogP contribution in [-0.4, -0.2) is 16.1 Å². The predicted octanol–water partition coefficient (Wildman–Crippen LogP) is 3.39. The van der Waals surface area contributed by atoms with Crippen LogP contribution < -0.4 is 5.32 Å². The van der Waals surface area contributed by atoms with Crippen LogP contribution in [0.25, 0.3) is 0 Å². The van der Waals surface area contributed by atoms with Crippen molar-refractivity contribution >= 4 is 23.2 Å². The fourth-order valence-corrected chi connectivity index (χ4v) is 1.61. The van der Waals surface area contributed by atoms with Gasteiger partial charge in [-0.3, -0.25) is 9.89 Å². The standard InChI is InChI=1S/C11H7ClF3N3O/c12-7-8(10(14)15)17-18-9(7)11(19)16-6-3-1-5(13)2-4-6/h1-4,10H,(H,16,19)(H,17,18). The molecule has 4 nitrogen and oxygen atoms in total. The van der Waals surface area contributed by atoms with E-state index in [0.717, 1.165) is 12.1 Å². The molecule has 0 saturated heterocycles. The van der Waals surface area contributed by atoms with Crippen LogP contribution in [0.4, 0.5) is 18.9 Å². The number of nitrogens with zero attached hydrogens (tertiary/aromatic N) is 1. The number of H-pyrrole nitrogens is 1. The Bertz CT molecular complexity index is 598. The van der Waals surface area contributed by atoms with Crippen LogP contribution in [0, 0.1) is 5.82 Å². The van der Waals surface area contributed by atoms with Crippen molar-refractivity contribution in [3.05, 3.63) is 46.5 Å². The number of nitrogens with one attached hydrogen (secondary N) is 2. The van der Waals surface area contributed by atoms with E-state index in [4.69, 9.17) is 11.6 Å². The fourth-order valence-electron chi connectivity index (χ4n) is 1.36. The maximum atomic E-state index is 12.7. The molecule has 2 aromatic rings. The van der Waals surface area contributed by atoms with Gasteiger partial charge < -0.3 is 5.32 Å². The van der Waals surface area contributed by atoms with Gasteiger partial charge in [-0.25, -0.2) is 13.2 Å². The highest BCUT2D eigenvalue weighted by molar-refractivity contribution is 6.34. The summed E-state index contributed by atoms with van der Waals surface area (Å²) in [5.41, 5.74) is -0.670. The number of rotatable bonds is 3. The number of hydrogen-bond acceptors (Lipinski definition) is 2. The number of anilines is 1. The van der Waals surface area contributed by atoms with E-state index in [-0.39, 0.29) is 5.69 Å². The Kier molecular flexibility index (Phi) is 3.75. The Morgan fingerprint density at radius 2 is 1.95 bits per heavy atom. The van der Waals surface area contributed by atoms with Gasteiger partial charge in [0.1, 0.15) is 16.5 Å². The third-order valence-electron chi connectivity index (χ3n) is 2.27. The van der Waals surface area contributed by atoms with E-state index in [1.54, 1.807) is 0 Å². The first-order valence-corrected chi connectivity index (χ1v) is 5.45. The first kappa shape index (κ1) is 13.4. The second-order valence-electron chi connectivity index (χ2n) is 3.56. The van der Waals surface area contributed by atoms with E-state index in [1.165, 1.54) is 12.1 Å². The SMILES string of the molecule is O=C(Nc1ccc(F)cc1)c1n[nH]c(C(F)F)c1Cl. The normalized spacial score (nSPS) is 10.8. The maximum Gasteiger partial charge on any atom is 0.281 e. The van der Waals surface area contributed by atoms with Crippen LogP contribution in [-0.2, 0) is 0 Å². The van der Waals surface area contributed by atoms with Gasteiger partial charge in [-0.1, -0.05) is 11.6 Å². The van der Waals surface area contributed by atoms with Crippen molar-refractivity contribution in [2.45, 2.75) is 6.43 Å². The number of alkyl halides is 2. The average Bonchev–Trinajstić information content (AvgIpc) is 2.74. The molecule has 2 N–H and O–H groups in total. The molecule has 2 rings (SSSR count). The second-order valence-corrected chi connectivity index (χ2v) is 3.94. The minimum atomic E-state index is -2.85. The molecule has 19 heavy (non-hydrogen) atoms. The number of carbonyl (C=O) groups excluding carboxylic acids is 1. The van der Waals surface area contributed by atoms with Crippen LogP contribution in [0.5, 0.6) is 0 Å². The number of carbonyl (C=O) groups is 1. The lowest BCUT2D eigenvalue weighted by Gasteiger charge is -2.03. The summed E-state index contributed by atoms with van der Waals surface area (Å²) >= 11 is 5.61. The molecule has 100 valence electrons.